The third-order valence-corrected chi connectivity index (χ3v) is 3.89. The predicted octanol–water partition coefficient (Wildman–Crippen LogP) is 0.711. The molecule has 1 aliphatic heterocycles. The molecule has 6 nitrogen and oxygen atoms in total. The number of likely N-dealkylation sites (tertiary alicyclic amines) is 1. The molecule has 0 radical (unpaired) electrons. The molecule has 1 aliphatic rings. The predicted molar refractivity (Wildman–Crippen MR) is 79.7 cm³/mol. The van der Waals surface area contributed by atoms with Gasteiger partial charge >= 0.3 is 0 Å². The van der Waals surface area contributed by atoms with Crippen LogP contribution in [0.15, 0.2) is 24.3 Å². The number of amides is 2. The molecule has 1 heterocycles. The van der Waals surface area contributed by atoms with Crippen LogP contribution in [0.1, 0.15) is 12.5 Å². The van der Waals surface area contributed by atoms with Crippen molar-refractivity contribution in [2.75, 3.05) is 19.7 Å². The molecule has 1 aromatic rings. The number of nitrogens with two attached hydrogens (primary N) is 1. The van der Waals surface area contributed by atoms with Crippen molar-refractivity contribution in [2.45, 2.75) is 13.3 Å². The fourth-order valence-corrected chi connectivity index (χ4v) is 2.69. The minimum Gasteiger partial charge on any atom is -0.479 e. The van der Waals surface area contributed by atoms with Crippen molar-refractivity contribution >= 4 is 11.8 Å². The fraction of sp³-hybridized carbons (Fsp3) is 0.438. The van der Waals surface area contributed by atoms with Gasteiger partial charge in [0.1, 0.15) is 11.8 Å². The van der Waals surface area contributed by atoms with Crippen LogP contribution in [0.5, 0.6) is 5.75 Å². The molecular formula is C16H19N3O3. The van der Waals surface area contributed by atoms with Crippen LogP contribution < -0.4 is 10.5 Å². The Morgan fingerprint density at radius 3 is 2.86 bits per heavy atom. The lowest BCUT2D eigenvalue weighted by Crippen LogP contribution is -2.32. The first-order valence-electron chi connectivity index (χ1n) is 7.17. The van der Waals surface area contributed by atoms with Gasteiger partial charge in [-0.1, -0.05) is 19.1 Å². The first kappa shape index (κ1) is 15.8. The maximum Gasteiger partial charge on any atom is 0.227 e. The average molecular weight is 301 g/mol. The van der Waals surface area contributed by atoms with Crippen LogP contribution in [-0.2, 0) is 16.0 Å². The second kappa shape index (κ2) is 6.94. The van der Waals surface area contributed by atoms with Crippen LogP contribution in [0.2, 0.25) is 0 Å². The zero-order chi connectivity index (χ0) is 16.1. The second-order valence-electron chi connectivity index (χ2n) is 5.56. The van der Waals surface area contributed by atoms with Crippen molar-refractivity contribution in [3.8, 4) is 11.8 Å². The number of nitriles is 1. The molecule has 2 atom stereocenters. The van der Waals surface area contributed by atoms with Crippen molar-refractivity contribution in [3.63, 3.8) is 0 Å². The Kier molecular flexibility index (Phi) is 4.99. The minimum atomic E-state index is -0.352. The van der Waals surface area contributed by atoms with Crippen molar-refractivity contribution in [2.24, 2.45) is 17.6 Å². The second-order valence-corrected chi connectivity index (χ2v) is 5.56. The number of carbonyl (C=O) groups is 2. The van der Waals surface area contributed by atoms with E-state index in [9.17, 15) is 9.59 Å². The Morgan fingerprint density at radius 1 is 1.45 bits per heavy atom. The van der Waals surface area contributed by atoms with Crippen LogP contribution >= 0.6 is 0 Å². The van der Waals surface area contributed by atoms with E-state index in [0.717, 1.165) is 5.56 Å². The molecule has 0 aromatic heterocycles. The number of rotatable bonds is 5. The molecular weight excluding hydrogens is 282 g/mol. The summed E-state index contributed by atoms with van der Waals surface area (Å²) in [5.41, 5.74) is 6.17. The zero-order valence-corrected chi connectivity index (χ0v) is 12.5. The summed E-state index contributed by atoms with van der Waals surface area (Å²) < 4.78 is 5.22. The van der Waals surface area contributed by atoms with Crippen LogP contribution in [0, 0.1) is 23.2 Å². The molecule has 1 saturated heterocycles. The molecule has 0 spiro atoms. The number of nitrogens with zero attached hydrogens (tertiary/aromatic N) is 2. The van der Waals surface area contributed by atoms with Gasteiger partial charge in [0.25, 0.3) is 0 Å². The van der Waals surface area contributed by atoms with Crippen molar-refractivity contribution in [3.05, 3.63) is 29.8 Å². The van der Waals surface area contributed by atoms with E-state index in [1.165, 1.54) is 0 Å². The van der Waals surface area contributed by atoms with Crippen LogP contribution in [0.3, 0.4) is 0 Å². The van der Waals surface area contributed by atoms with Gasteiger partial charge < -0.3 is 15.4 Å². The van der Waals surface area contributed by atoms with Gasteiger partial charge in [-0.3, -0.25) is 9.59 Å². The summed E-state index contributed by atoms with van der Waals surface area (Å²) in [6, 6.07) is 9.01. The van der Waals surface area contributed by atoms with E-state index in [4.69, 9.17) is 15.7 Å². The molecule has 1 fully saturated rings. The van der Waals surface area contributed by atoms with Crippen LogP contribution in [0.4, 0.5) is 0 Å². The standard InChI is InChI=1S/C16H19N3O3/c1-11-9-19(10-14(11)16(18)21)15(20)8-12-3-2-4-13(7-12)22-6-5-17/h2-4,7,11,14H,6,8-10H2,1H3,(H2,18,21)/t11-,14-/m1/s1. The van der Waals surface area contributed by atoms with E-state index in [1.54, 1.807) is 23.1 Å². The van der Waals surface area contributed by atoms with E-state index < -0.39 is 0 Å². The first-order chi connectivity index (χ1) is 10.5. The summed E-state index contributed by atoms with van der Waals surface area (Å²) in [6.45, 7) is 2.84. The highest BCUT2D eigenvalue weighted by atomic mass is 16.5. The summed E-state index contributed by atoms with van der Waals surface area (Å²) in [6.07, 6.45) is 0.238. The number of benzene rings is 1. The number of ether oxygens (including phenoxy) is 1. The largest absolute Gasteiger partial charge is 0.479 e. The Bertz CT molecular complexity index is 609. The lowest BCUT2D eigenvalue weighted by atomic mass is 9.98. The van der Waals surface area contributed by atoms with E-state index in [2.05, 4.69) is 0 Å². The molecule has 0 aliphatic carbocycles. The Hall–Kier alpha value is -2.55. The summed E-state index contributed by atoms with van der Waals surface area (Å²) in [5.74, 6) is 0.000351. The average Bonchev–Trinajstić information content (AvgIpc) is 2.88. The molecule has 0 unspecified atom stereocenters. The lowest BCUT2D eigenvalue weighted by Gasteiger charge is -2.16. The number of carbonyl (C=O) groups excluding carboxylic acids is 2. The van der Waals surface area contributed by atoms with Gasteiger partial charge in [-0.15, -0.1) is 0 Å². The van der Waals surface area contributed by atoms with Gasteiger partial charge in [-0.05, 0) is 23.6 Å². The summed E-state index contributed by atoms with van der Waals surface area (Å²) in [4.78, 5) is 25.3. The topological polar surface area (TPSA) is 96.4 Å². The molecule has 2 rings (SSSR count). The van der Waals surface area contributed by atoms with Crippen molar-refractivity contribution < 1.29 is 14.3 Å². The van der Waals surface area contributed by atoms with Crippen molar-refractivity contribution in [1.82, 2.24) is 4.90 Å². The SMILES string of the molecule is C[C@@H]1CN(C(=O)Cc2cccc(OCC#N)c2)C[C@H]1C(N)=O. The number of hydrogen-bond donors (Lipinski definition) is 1. The van der Waals surface area contributed by atoms with E-state index in [1.807, 2.05) is 19.1 Å². The maximum absolute atomic E-state index is 12.3. The smallest absolute Gasteiger partial charge is 0.227 e. The normalized spacial score (nSPS) is 20.5. The van der Waals surface area contributed by atoms with E-state index in [-0.39, 0.29) is 36.7 Å². The number of hydrogen-bond acceptors (Lipinski definition) is 4. The molecule has 0 saturated carbocycles. The van der Waals surface area contributed by atoms with Crippen LogP contribution in [-0.4, -0.2) is 36.4 Å². The summed E-state index contributed by atoms with van der Waals surface area (Å²) >= 11 is 0. The summed E-state index contributed by atoms with van der Waals surface area (Å²) in [5, 5.41) is 8.51. The Morgan fingerprint density at radius 2 is 2.23 bits per heavy atom. The van der Waals surface area contributed by atoms with Crippen molar-refractivity contribution in [1.29, 1.82) is 5.26 Å². The monoisotopic (exact) mass is 301 g/mol. The summed E-state index contributed by atoms with van der Waals surface area (Å²) in [7, 11) is 0. The highest BCUT2D eigenvalue weighted by Crippen LogP contribution is 2.23. The Labute approximate surface area is 129 Å². The van der Waals surface area contributed by atoms with Gasteiger partial charge in [-0.2, -0.15) is 5.26 Å². The van der Waals surface area contributed by atoms with E-state index in [0.29, 0.717) is 18.8 Å². The Balaban J connectivity index is 1.98. The molecule has 2 N–H and O–H groups in total. The molecule has 2 amide bonds. The van der Waals surface area contributed by atoms with Gasteiger partial charge in [0.2, 0.25) is 11.8 Å². The van der Waals surface area contributed by atoms with Gasteiger partial charge in [-0.25, -0.2) is 0 Å². The highest BCUT2D eigenvalue weighted by Gasteiger charge is 2.35. The lowest BCUT2D eigenvalue weighted by molar-refractivity contribution is -0.129. The molecule has 1 aromatic carbocycles. The molecule has 0 bridgehead atoms. The van der Waals surface area contributed by atoms with Gasteiger partial charge in [0.15, 0.2) is 6.61 Å². The quantitative estimate of drug-likeness (QED) is 0.866. The third-order valence-electron chi connectivity index (χ3n) is 3.89. The number of primary amides is 1. The van der Waals surface area contributed by atoms with E-state index >= 15 is 0 Å². The molecule has 116 valence electrons. The fourth-order valence-electron chi connectivity index (χ4n) is 2.69. The zero-order valence-electron chi connectivity index (χ0n) is 12.5. The minimum absolute atomic E-state index is 0.0265. The third kappa shape index (κ3) is 3.76. The van der Waals surface area contributed by atoms with Gasteiger partial charge in [0, 0.05) is 13.1 Å². The highest BCUT2D eigenvalue weighted by molar-refractivity contribution is 5.82. The first-order valence-corrected chi connectivity index (χ1v) is 7.17. The van der Waals surface area contributed by atoms with Gasteiger partial charge in [0.05, 0.1) is 12.3 Å². The molecule has 6 heteroatoms. The van der Waals surface area contributed by atoms with Crippen LogP contribution in [0.25, 0.3) is 0 Å². The molecule has 22 heavy (non-hydrogen) atoms. The maximum atomic E-state index is 12.3.